The fourth-order valence-electron chi connectivity index (χ4n) is 2.37. The zero-order valence-electron chi connectivity index (χ0n) is 15.9. The van der Waals surface area contributed by atoms with Crippen LogP contribution in [-0.4, -0.2) is 38.5 Å². The average Bonchev–Trinajstić information content (AvgIpc) is 2.74. The molecule has 1 heterocycles. The Bertz CT molecular complexity index is 1130. The zero-order valence-corrected chi connectivity index (χ0v) is 16.7. The van der Waals surface area contributed by atoms with Gasteiger partial charge in [0.1, 0.15) is 5.82 Å². The highest BCUT2D eigenvalue weighted by Gasteiger charge is 2.17. The average molecular weight is 432 g/mol. The molecule has 30 heavy (non-hydrogen) atoms. The number of sulfonamides is 1. The molecule has 0 unspecified atom stereocenters. The summed E-state index contributed by atoms with van der Waals surface area (Å²) in [6.45, 7) is 0. The van der Waals surface area contributed by atoms with E-state index in [0.29, 0.717) is 5.69 Å². The summed E-state index contributed by atoms with van der Waals surface area (Å²) in [6.07, 6.45) is 0. The minimum absolute atomic E-state index is 0.0348. The molecule has 2 aromatic carbocycles. The van der Waals surface area contributed by atoms with E-state index < -0.39 is 21.7 Å². The number of nitrogens with zero attached hydrogens (tertiary/aromatic N) is 2. The van der Waals surface area contributed by atoms with Gasteiger partial charge in [-0.25, -0.2) is 12.8 Å². The molecule has 1 aromatic heterocycles. The van der Waals surface area contributed by atoms with E-state index in [9.17, 15) is 17.6 Å². The largest absolute Gasteiger partial charge is 0.481 e. The third-order valence-corrected chi connectivity index (χ3v) is 5.21. The number of benzene rings is 2. The maximum Gasteiger partial charge on any atom is 0.321 e. The number of ether oxygens (including phenoxy) is 2. The molecule has 3 rings (SSSR count). The van der Waals surface area contributed by atoms with Crippen molar-refractivity contribution in [1.29, 1.82) is 0 Å². The van der Waals surface area contributed by atoms with Crippen LogP contribution in [0.2, 0.25) is 0 Å². The van der Waals surface area contributed by atoms with Crippen molar-refractivity contribution in [3.8, 4) is 11.9 Å². The molecule has 0 radical (unpaired) electrons. The number of anilines is 2. The monoisotopic (exact) mass is 432 g/mol. The quantitative estimate of drug-likeness (QED) is 0.589. The molecule has 0 atom stereocenters. The van der Waals surface area contributed by atoms with Crippen molar-refractivity contribution in [1.82, 2.24) is 9.97 Å². The Balaban J connectivity index is 1.74. The molecule has 0 aliphatic carbocycles. The fraction of sp³-hybridized carbons (Fsp3) is 0.105. The van der Waals surface area contributed by atoms with Crippen LogP contribution < -0.4 is 19.5 Å². The lowest BCUT2D eigenvalue weighted by Crippen LogP contribution is -2.15. The van der Waals surface area contributed by atoms with Crippen molar-refractivity contribution in [3.05, 3.63) is 66.0 Å². The van der Waals surface area contributed by atoms with Crippen molar-refractivity contribution in [2.45, 2.75) is 4.90 Å². The number of carbonyl (C=O) groups is 1. The lowest BCUT2D eigenvalue weighted by Gasteiger charge is -2.10. The molecule has 0 saturated heterocycles. The number of halogens is 1. The fourth-order valence-corrected chi connectivity index (χ4v) is 3.36. The predicted octanol–water partition coefficient (Wildman–Crippen LogP) is 2.69. The smallest absolute Gasteiger partial charge is 0.321 e. The van der Waals surface area contributed by atoms with E-state index in [1.807, 2.05) is 0 Å². The summed E-state index contributed by atoms with van der Waals surface area (Å²) in [7, 11) is -1.26. The predicted molar refractivity (Wildman–Crippen MR) is 107 cm³/mol. The van der Waals surface area contributed by atoms with Crippen LogP contribution in [0.4, 0.5) is 15.9 Å². The van der Waals surface area contributed by atoms with E-state index in [0.717, 1.165) is 0 Å². The second kappa shape index (κ2) is 8.74. The van der Waals surface area contributed by atoms with Crippen LogP contribution in [-0.2, 0) is 10.0 Å². The summed E-state index contributed by atoms with van der Waals surface area (Å²) >= 11 is 0. The molecule has 0 saturated carbocycles. The van der Waals surface area contributed by atoms with E-state index in [1.165, 1.54) is 68.8 Å². The molecule has 0 bridgehead atoms. The van der Waals surface area contributed by atoms with Gasteiger partial charge in [-0.2, -0.15) is 9.97 Å². The number of hydrogen-bond acceptors (Lipinski definition) is 7. The molecule has 0 aliphatic rings. The van der Waals surface area contributed by atoms with Gasteiger partial charge < -0.3 is 14.8 Å². The van der Waals surface area contributed by atoms with Crippen molar-refractivity contribution in [2.75, 3.05) is 24.3 Å². The van der Waals surface area contributed by atoms with E-state index in [4.69, 9.17) is 9.47 Å². The van der Waals surface area contributed by atoms with Crippen LogP contribution in [0.15, 0.2) is 59.5 Å². The van der Waals surface area contributed by atoms with Gasteiger partial charge in [0.15, 0.2) is 5.82 Å². The van der Waals surface area contributed by atoms with Gasteiger partial charge in [-0.3, -0.25) is 9.52 Å². The van der Waals surface area contributed by atoms with E-state index in [1.54, 1.807) is 0 Å². The highest BCUT2D eigenvalue weighted by molar-refractivity contribution is 7.92. The minimum Gasteiger partial charge on any atom is -0.481 e. The van der Waals surface area contributed by atoms with Crippen LogP contribution in [0.3, 0.4) is 0 Å². The van der Waals surface area contributed by atoms with Crippen LogP contribution in [0.25, 0.3) is 0 Å². The highest BCUT2D eigenvalue weighted by Crippen LogP contribution is 2.21. The number of aromatic nitrogens is 2. The van der Waals surface area contributed by atoms with Crippen LogP contribution in [0.1, 0.15) is 10.4 Å². The summed E-state index contributed by atoms with van der Waals surface area (Å²) in [5, 5.41) is 2.61. The zero-order chi connectivity index (χ0) is 21.7. The first-order valence-corrected chi connectivity index (χ1v) is 9.96. The lowest BCUT2D eigenvalue weighted by molar-refractivity contribution is 0.102. The number of carbonyl (C=O) groups excluding carboxylic acids is 1. The summed E-state index contributed by atoms with van der Waals surface area (Å²) in [5.41, 5.74) is 0.634. The van der Waals surface area contributed by atoms with E-state index >= 15 is 0 Å². The standard InChI is InChI=1S/C19H17FN4O5S/c1-28-17-11-16(22-19(23-17)29-2)24-30(26,27)15-9-7-14(8-10-15)21-18(25)12-3-5-13(20)6-4-12/h3-11H,1-2H3,(H,21,25)(H,22,23,24). The molecule has 11 heteroatoms. The van der Waals surface area contributed by atoms with Crippen LogP contribution in [0.5, 0.6) is 11.9 Å². The Kier molecular flexibility index (Phi) is 6.11. The molecule has 1 amide bonds. The Morgan fingerprint density at radius 3 is 2.23 bits per heavy atom. The lowest BCUT2D eigenvalue weighted by atomic mass is 10.2. The van der Waals surface area contributed by atoms with E-state index in [-0.39, 0.29) is 28.2 Å². The van der Waals surface area contributed by atoms with Gasteiger partial charge in [0.05, 0.1) is 19.1 Å². The third-order valence-electron chi connectivity index (χ3n) is 3.84. The Labute approximate surface area is 171 Å². The highest BCUT2D eigenvalue weighted by atomic mass is 32.2. The Morgan fingerprint density at radius 1 is 0.967 bits per heavy atom. The molecular formula is C19H17FN4O5S. The SMILES string of the molecule is COc1cc(NS(=O)(=O)c2ccc(NC(=O)c3ccc(F)cc3)cc2)nc(OC)n1. The van der Waals surface area contributed by atoms with Crippen LogP contribution >= 0.6 is 0 Å². The molecule has 3 aromatic rings. The summed E-state index contributed by atoms with van der Waals surface area (Å²) in [6, 6.07) is 11.8. The normalized spacial score (nSPS) is 10.9. The number of nitrogens with one attached hydrogen (secondary N) is 2. The molecule has 2 N–H and O–H groups in total. The first-order valence-electron chi connectivity index (χ1n) is 8.47. The second-order valence-electron chi connectivity index (χ2n) is 5.87. The molecule has 0 aliphatic heterocycles. The number of rotatable bonds is 7. The maximum absolute atomic E-state index is 13.0. The van der Waals surface area contributed by atoms with Gasteiger partial charge in [-0.1, -0.05) is 0 Å². The Morgan fingerprint density at radius 2 is 1.63 bits per heavy atom. The minimum atomic E-state index is -3.97. The third kappa shape index (κ3) is 5.00. The van der Waals surface area contributed by atoms with Gasteiger partial charge in [0, 0.05) is 17.3 Å². The molecule has 0 spiro atoms. The van der Waals surface area contributed by atoms with Crippen molar-refractivity contribution in [2.24, 2.45) is 0 Å². The van der Waals surface area contributed by atoms with Gasteiger partial charge in [0.2, 0.25) is 5.88 Å². The topological polar surface area (TPSA) is 120 Å². The summed E-state index contributed by atoms with van der Waals surface area (Å²) < 4.78 is 50.4. The maximum atomic E-state index is 13.0. The summed E-state index contributed by atoms with van der Waals surface area (Å²) in [5.74, 6) is -0.817. The van der Waals surface area contributed by atoms with Crippen LogP contribution in [0, 0.1) is 5.82 Å². The van der Waals surface area contributed by atoms with E-state index in [2.05, 4.69) is 20.0 Å². The van der Waals surface area contributed by atoms with Gasteiger partial charge >= 0.3 is 6.01 Å². The van der Waals surface area contributed by atoms with Gasteiger partial charge in [-0.05, 0) is 48.5 Å². The van der Waals surface area contributed by atoms with Crippen molar-refractivity contribution >= 4 is 27.4 Å². The molecular weight excluding hydrogens is 415 g/mol. The number of methoxy groups -OCH3 is 2. The van der Waals surface area contributed by atoms with Crippen molar-refractivity contribution in [3.63, 3.8) is 0 Å². The summed E-state index contributed by atoms with van der Waals surface area (Å²) in [4.78, 5) is 19.9. The first kappa shape index (κ1) is 21.0. The number of hydrogen-bond donors (Lipinski definition) is 2. The Hall–Kier alpha value is -3.73. The molecule has 156 valence electrons. The van der Waals surface area contributed by atoms with Crippen molar-refractivity contribution < 1.29 is 27.1 Å². The molecule has 0 fully saturated rings. The van der Waals surface area contributed by atoms with Gasteiger partial charge in [0.25, 0.3) is 15.9 Å². The molecule has 9 nitrogen and oxygen atoms in total. The number of amides is 1. The van der Waals surface area contributed by atoms with Gasteiger partial charge in [-0.15, -0.1) is 0 Å². The first-order chi connectivity index (χ1) is 14.3. The second-order valence-corrected chi connectivity index (χ2v) is 7.56.